The van der Waals surface area contributed by atoms with Crippen LogP contribution in [0.15, 0.2) is 42.5 Å². The number of quaternary nitrogens is 2. The lowest BCUT2D eigenvalue weighted by Crippen LogP contribution is -3.28. The Bertz CT molecular complexity index is 702. The predicted molar refractivity (Wildman–Crippen MR) is 102 cm³/mol. The number of nitrogens with one attached hydrogen (secondary N) is 3. The first-order chi connectivity index (χ1) is 12.2. The summed E-state index contributed by atoms with van der Waals surface area (Å²) in [6.45, 7) is 10.3. The molecule has 4 nitrogen and oxygen atoms in total. The number of carbonyl (C=O) groups excluding carboxylic acids is 1. The van der Waals surface area contributed by atoms with E-state index >= 15 is 0 Å². The van der Waals surface area contributed by atoms with Crippen molar-refractivity contribution in [3.8, 4) is 0 Å². The minimum absolute atomic E-state index is 0.196. The average molecular weight is 341 g/mol. The fraction of sp³-hybridized carbons (Fsp3) is 0.476. The van der Waals surface area contributed by atoms with Crippen LogP contribution < -0.4 is 15.1 Å². The fourth-order valence-electron chi connectivity index (χ4n) is 3.68. The van der Waals surface area contributed by atoms with Crippen LogP contribution in [0.3, 0.4) is 0 Å². The van der Waals surface area contributed by atoms with E-state index in [-0.39, 0.29) is 11.9 Å². The van der Waals surface area contributed by atoms with Gasteiger partial charge in [0, 0.05) is 11.6 Å². The standard InChI is InChI=1S/C21H29N3O/c1-3-17(2)22-21(25)16-24-13-11-23(12-14-24)15-19-9-6-8-18-7-4-5-10-20(18)19/h4-10,17H,3,11-16H2,1-2H3,(H,22,25)/p+2/t17-/m0/s1. The van der Waals surface area contributed by atoms with E-state index in [1.165, 1.54) is 21.2 Å². The molecule has 1 atom stereocenters. The molecule has 0 aromatic heterocycles. The molecule has 134 valence electrons. The van der Waals surface area contributed by atoms with Gasteiger partial charge in [-0.3, -0.25) is 4.79 Å². The maximum Gasteiger partial charge on any atom is 0.275 e. The Balaban J connectivity index is 1.52. The summed E-state index contributed by atoms with van der Waals surface area (Å²) in [5.41, 5.74) is 1.44. The summed E-state index contributed by atoms with van der Waals surface area (Å²) < 4.78 is 0. The molecule has 0 saturated carbocycles. The largest absolute Gasteiger partial charge is 0.349 e. The Morgan fingerprint density at radius 3 is 2.48 bits per heavy atom. The molecule has 0 radical (unpaired) electrons. The number of carbonyl (C=O) groups is 1. The molecular formula is C21H31N3O+2. The van der Waals surface area contributed by atoms with Gasteiger partial charge < -0.3 is 15.1 Å². The number of benzene rings is 2. The van der Waals surface area contributed by atoms with Crippen LogP contribution in [0.1, 0.15) is 25.8 Å². The molecule has 0 unspecified atom stereocenters. The first kappa shape index (κ1) is 17.9. The van der Waals surface area contributed by atoms with Crippen molar-refractivity contribution in [2.75, 3.05) is 32.7 Å². The van der Waals surface area contributed by atoms with E-state index in [1.54, 1.807) is 4.90 Å². The van der Waals surface area contributed by atoms with Gasteiger partial charge in [0.15, 0.2) is 6.54 Å². The number of hydrogen-bond acceptors (Lipinski definition) is 1. The van der Waals surface area contributed by atoms with Crippen molar-refractivity contribution in [3.05, 3.63) is 48.0 Å². The van der Waals surface area contributed by atoms with Gasteiger partial charge >= 0.3 is 0 Å². The third-order valence-electron chi connectivity index (χ3n) is 5.41. The number of piperazine rings is 1. The molecule has 1 aliphatic rings. The first-order valence-electron chi connectivity index (χ1n) is 9.59. The van der Waals surface area contributed by atoms with Crippen LogP contribution in [0.4, 0.5) is 0 Å². The Labute approximate surface area is 150 Å². The van der Waals surface area contributed by atoms with Gasteiger partial charge in [-0.05, 0) is 24.1 Å². The van der Waals surface area contributed by atoms with E-state index in [2.05, 4.69) is 61.6 Å². The third-order valence-corrected chi connectivity index (χ3v) is 5.41. The molecule has 1 amide bonds. The zero-order valence-corrected chi connectivity index (χ0v) is 15.5. The van der Waals surface area contributed by atoms with Crippen LogP contribution >= 0.6 is 0 Å². The van der Waals surface area contributed by atoms with Gasteiger partial charge in [-0.2, -0.15) is 0 Å². The van der Waals surface area contributed by atoms with Crippen LogP contribution in [0.2, 0.25) is 0 Å². The van der Waals surface area contributed by atoms with Gasteiger partial charge in [-0.25, -0.2) is 0 Å². The lowest BCUT2D eigenvalue weighted by molar-refractivity contribution is -1.02. The van der Waals surface area contributed by atoms with Crippen molar-refractivity contribution in [2.24, 2.45) is 0 Å². The van der Waals surface area contributed by atoms with Crippen molar-refractivity contribution in [1.82, 2.24) is 5.32 Å². The van der Waals surface area contributed by atoms with Gasteiger partial charge in [0.2, 0.25) is 0 Å². The molecule has 3 N–H and O–H groups in total. The molecule has 1 heterocycles. The normalized spacial score (nSPS) is 21.8. The van der Waals surface area contributed by atoms with E-state index in [1.807, 2.05) is 0 Å². The quantitative estimate of drug-likeness (QED) is 0.682. The summed E-state index contributed by atoms with van der Waals surface area (Å²) in [6.07, 6.45) is 0.990. The minimum atomic E-state index is 0.196. The van der Waals surface area contributed by atoms with Crippen LogP contribution in [0.25, 0.3) is 10.8 Å². The van der Waals surface area contributed by atoms with Crippen LogP contribution in [-0.4, -0.2) is 44.7 Å². The summed E-state index contributed by atoms with van der Waals surface area (Å²) >= 11 is 0. The zero-order chi connectivity index (χ0) is 17.6. The number of hydrogen-bond donors (Lipinski definition) is 3. The Morgan fingerprint density at radius 2 is 1.72 bits per heavy atom. The molecule has 3 rings (SSSR count). The highest BCUT2D eigenvalue weighted by molar-refractivity contribution is 5.85. The third kappa shape index (κ3) is 4.80. The average Bonchev–Trinajstić information content (AvgIpc) is 2.63. The van der Waals surface area contributed by atoms with E-state index in [4.69, 9.17) is 0 Å². The molecular weight excluding hydrogens is 310 g/mol. The Morgan fingerprint density at radius 1 is 1.04 bits per heavy atom. The van der Waals surface area contributed by atoms with Crippen molar-refractivity contribution >= 4 is 16.7 Å². The molecule has 2 aromatic carbocycles. The smallest absolute Gasteiger partial charge is 0.275 e. The second-order valence-electron chi connectivity index (χ2n) is 7.37. The van der Waals surface area contributed by atoms with E-state index in [0.717, 1.165) is 39.1 Å². The summed E-state index contributed by atoms with van der Waals surface area (Å²) in [5.74, 6) is 0.196. The van der Waals surface area contributed by atoms with Crippen LogP contribution in [0.5, 0.6) is 0 Å². The molecule has 2 aromatic rings. The van der Waals surface area contributed by atoms with Gasteiger partial charge in [0.05, 0.1) is 0 Å². The maximum absolute atomic E-state index is 12.1. The highest BCUT2D eigenvalue weighted by Crippen LogP contribution is 2.17. The summed E-state index contributed by atoms with van der Waals surface area (Å²) in [6, 6.07) is 15.5. The summed E-state index contributed by atoms with van der Waals surface area (Å²) in [4.78, 5) is 15.1. The monoisotopic (exact) mass is 341 g/mol. The number of fused-ring (bicyclic) bond motifs is 1. The van der Waals surface area contributed by atoms with E-state index in [0.29, 0.717) is 6.54 Å². The molecule has 0 aliphatic carbocycles. The highest BCUT2D eigenvalue weighted by atomic mass is 16.2. The van der Waals surface area contributed by atoms with E-state index < -0.39 is 0 Å². The number of amides is 1. The molecule has 0 spiro atoms. The first-order valence-corrected chi connectivity index (χ1v) is 9.59. The van der Waals surface area contributed by atoms with Crippen LogP contribution in [-0.2, 0) is 11.3 Å². The lowest BCUT2D eigenvalue weighted by atomic mass is 10.0. The van der Waals surface area contributed by atoms with Crippen molar-refractivity contribution in [2.45, 2.75) is 32.9 Å². The van der Waals surface area contributed by atoms with Crippen molar-refractivity contribution in [1.29, 1.82) is 0 Å². The van der Waals surface area contributed by atoms with Gasteiger partial charge in [0.25, 0.3) is 5.91 Å². The topological polar surface area (TPSA) is 38.0 Å². The van der Waals surface area contributed by atoms with Crippen LogP contribution in [0, 0.1) is 0 Å². The molecule has 1 fully saturated rings. The van der Waals surface area contributed by atoms with Gasteiger partial charge in [-0.15, -0.1) is 0 Å². The zero-order valence-electron chi connectivity index (χ0n) is 15.5. The van der Waals surface area contributed by atoms with Gasteiger partial charge in [-0.1, -0.05) is 49.4 Å². The number of rotatable bonds is 6. The molecule has 1 aliphatic heterocycles. The highest BCUT2D eigenvalue weighted by Gasteiger charge is 2.25. The van der Waals surface area contributed by atoms with Crippen molar-refractivity contribution < 1.29 is 14.6 Å². The van der Waals surface area contributed by atoms with Gasteiger partial charge in [0.1, 0.15) is 32.7 Å². The molecule has 0 bridgehead atoms. The Kier molecular flexibility index (Phi) is 6.05. The Hall–Kier alpha value is -1.91. The molecule has 1 saturated heterocycles. The van der Waals surface area contributed by atoms with E-state index in [9.17, 15) is 4.79 Å². The lowest BCUT2D eigenvalue weighted by Gasteiger charge is -2.29. The fourth-order valence-corrected chi connectivity index (χ4v) is 3.68. The second-order valence-corrected chi connectivity index (χ2v) is 7.37. The second kappa shape index (κ2) is 8.45. The SMILES string of the molecule is CC[C@H](C)NC(=O)C[NH+]1CC[NH+](Cc2cccc3ccccc23)CC1. The molecule has 4 heteroatoms. The molecule has 25 heavy (non-hydrogen) atoms. The summed E-state index contributed by atoms with van der Waals surface area (Å²) in [5, 5.41) is 5.78. The maximum atomic E-state index is 12.1. The summed E-state index contributed by atoms with van der Waals surface area (Å²) in [7, 11) is 0. The van der Waals surface area contributed by atoms with Crippen molar-refractivity contribution in [3.63, 3.8) is 0 Å². The predicted octanol–water partition coefficient (Wildman–Crippen LogP) is 0.0379. The minimum Gasteiger partial charge on any atom is -0.349 e.